The molecule has 0 aromatic carbocycles. The minimum absolute atomic E-state index is 0.297. The van der Waals surface area contributed by atoms with E-state index in [1.54, 1.807) is 0 Å². The zero-order valence-corrected chi connectivity index (χ0v) is 16.3. The van der Waals surface area contributed by atoms with E-state index in [4.69, 9.17) is 19.9 Å². The third-order valence-electron chi connectivity index (χ3n) is 2.60. The molecule has 0 saturated heterocycles. The van der Waals surface area contributed by atoms with E-state index >= 15 is 0 Å². The SMILES string of the molecule is CCOCOCOCCNCCCSSCC(N)CCSC. The van der Waals surface area contributed by atoms with E-state index in [2.05, 4.69) is 11.6 Å². The maximum absolute atomic E-state index is 6.02. The zero-order chi connectivity index (χ0) is 16.3. The first-order chi connectivity index (χ1) is 10.8. The molecular formula is C14H32N2O3S3. The second-order valence-corrected chi connectivity index (χ2v) is 8.21. The van der Waals surface area contributed by atoms with Crippen LogP contribution in [-0.4, -0.2) is 69.4 Å². The van der Waals surface area contributed by atoms with Crippen molar-refractivity contribution >= 4 is 33.3 Å². The van der Waals surface area contributed by atoms with Gasteiger partial charge in [-0.2, -0.15) is 11.8 Å². The summed E-state index contributed by atoms with van der Waals surface area (Å²) in [5, 5.41) is 3.35. The van der Waals surface area contributed by atoms with Crippen LogP contribution in [0.3, 0.4) is 0 Å². The van der Waals surface area contributed by atoms with Crippen molar-refractivity contribution in [1.82, 2.24) is 5.32 Å². The number of nitrogens with two attached hydrogens (primary N) is 1. The van der Waals surface area contributed by atoms with Crippen LogP contribution in [0.1, 0.15) is 19.8 Å². The van der Waals surface area contributed by atoms with Gasteiger partial charge in [0.1, 0.15) is 13.6 Å². The van der Waals surface area contributed by atoms with Crippen molar-refractivity contribution in [2.45, 2.75) is 25.8 Å². The second-order valence-electron chi connectivity index (χ2n) is 4.59. The Labute approximate surface area is 147 Å². The molecule has 1 atom stereocenters. The minimum Gasteiger partial charge on any atom is -0.356 e. The average molecular weight is 373 g/mol. The molecular weight excluding hydrogens is 340 g/mol. The second kappa shape index (κ2) is 19.9. The van der Waals surface area contributed by atoms with Crippen LogP contribution in [0.2, 0.25) is 0 Å². The molecule has 1 unspecified atom stereocenters. The number of thioether (sulfide) groups is 1. The number of nitrogens with one attached hydrogen (secondary N) is 1. The molecule has 0 aromatic rings. The Balaban J connectivity index is 3.02. The van der Waals surface area contributed by atoms with Crippen LogP contribution in [0.4, 0.5) is 0 Å². The highest BCUT2D eigenvalue weighted by Gasteiger charge is 2.02. The summed E-state index contributed by atoms with van der Waals surface area (Å²) in [4.78, 5) is 0. The van der Waals surface area contributed by atoms with E-state index < -0.39 is 0 Å². The third kappa shape index (κ3) is 18.9. The summed E-state index contributed by atoms with van der Waals surface area (Å²) in [5.41, 5.74) is 6.02. The van der Waals surface area contributed by atoms with Gasteiger partial charge in [0.2, 0.25) is 0 Å². The van der Waals surface area contributed by atoms with Crippen molar-refractivity contribution in [2.24, 2.45) is 5.73 Å². The number of hydrogen-bond donors (Lipinski definition) is 2. The Kier molecular flexibility index (Phi) is 20.7. The number of rotatable bonds is 18. The highest BCUT2D eigenvalue weighted by Crippen LogP contribution is 2.22. The van der Waals surface area contributed by atoms with Gasteiger partial charge < -0.3 is 25.3 Å². The molecule has 0 fully saturated rings. The molecule has 5 nitrogen and oxygen atoms in total. The van der Waals surface area contributed by atoms with Crippen LogP contribution >= 0.6 is 33.3 Å². The molecule has 0 aromatic heterocycles. The lowest BCUT2D eigenvalue weighted by Crippen LogP contribution is -2.23. The monoisotopic (exact) mass is 372 g/mol. The molecule has 22 heavy (non-hydrogen) atoms. The molecule has 0 heterocycles. The fourth-order valence-electron chi connectivity index (χ4n) is 1.37. The molecule has 0 saturated carbocycles. The van der Waals surface area contributed by atoms with Gasteiger partial charge in [-0.25, -0.2) is 0 Å². The normalized spacial score (nSPS) is 12.7. The van der Waals surface area contributed by atoms with Gasteiger partial charge in [-0.05, 0) is 38.3 Å². The van der Waals surface area contributed by atoms with Crippen LogP contribution in [0.5, 0.6) is 0 Å². The number of ether oxygens (including phenoxy) is 3. The van der Waals surface area contributed by atoms with Crippen molar-refractivity contribution in [3.8, 4) is 0 Å². The lowest BCUT2D eigenvalue weighted by atomic mass is 10.3. The fourth-order valence-corrected chi connectivity index (χ4v) is 4.24. The van der Waals surface area contributed by atoms with Crippen LogP contribution in [0, 0.1) is 0 Å². The molecule has 0 aliphatic heterocycles. The summed E-state index contributed by atoms with van der Waals surface area (Å²) < 4.78 is 15.4. The molecule has 0 amide bonds. The Bertz CT molecular complexity index is 218. The number of hydrogen-bond acceptors (Lipinski definition) is 8. The topological polar surface area (TPSA) is 65.7 Å². The standard InChI is InChI=1S/C14H32N2O3S3/c1-3-17-12-19-13-18-8-7-16-6-4-9-21-22-11-14(15)5-10-20-2/h14,16H,3-13,15H2,1-2H3. The van der Waals surface area contributed by atoms with Crippen molar-refractivity contribution in [2.75, 3.05) is 63.4 Å². The van der Waals surface area contributed by atoms with Crippen molar-refractivity contribution in [1.29, 1.82) is 0 Å². The fraction of sp³-hybridized carbons (Fsp3) is 1.00. The lowest BCUT2D eigenvalue weighted by Gasteiger charge is -2.09. The Morgan fingerprint density at radius 1 is 1.05 bits per heavy atom. The lowest BCUT2D eigenvalue weighted by molar-refractivity contribution is -0.128. The van der Waals surface area contributed by atoms with Gasteiger partial charge in [-0.15, -0.1) is 0 Å². The van der Waals surface area contributed by atoms with Gasteiger partial charge in [0.15, 0.2) is 0 Å². The summed E-state index contributed by atoms with van der Waals surface area (Å²) in [6.07, 6.45) is 4.41. The molecule has 0 aliphatic carbocycles. The molecule has 3 N–H and O–H groups in total. The largest absolute Gasteiger partial charge is 0.356 e. The van der Waals surface area contributed by atoms with Gasteiger partial charge in [0.25, 0.3) is 0 Å². The predicted octanol–water partition coefficient (Wildman–Crippen LogP) is 2.41. The Morgan fingerprint density at radius 2 is 1.86 bits per heavy atom. The highest BCUT2D eigenvalue weighted by molar-refractivity contribution is 8.76. The van der Waals surface area contributed by atoms with Crippen molar-refractivity contribution in [3.05, 3.63) is 0 Å². The van der Waals surface area contributed by atoms with Gasteiger partial charge in [-0.1, -0.05) is 21.6 Å². The summed E-state index contributed by atoms with van der Waals surface area (Å²) in [6.45, 7) is 5.75. The minimum atomic E-state index is 0.297. The maximum Gasteiger partial charge on any atom is 0.149 e. The zero-order valence-electron chi connectivity index (χ0n) is 13.9. The molecule has 8 heteroatoms. The molecule has 0 radical (unpaired) electrons. The van der Waals surface area contributed by atoms with E-state index in [0.717, 1.165) is 36.8 Å². The molecule has 0 spiro atoms. The molecule has 0 bridgehead atoms. The first-order valence-electron chi connectivity index (χ1n) is 7.74. The van der Waals surface area contributed by atoms with E-state index in [0.29, 0.717) is 32.8 Å². The summed E-state index contributed by atoms with van der Waals surface area (Å²) in [5.74, 6) is 3.37. The van der Waals surface area contributed by atoms with Crippen LogP contribution in [0.15, 0.2) is 0 Å². The summed E-state index contributed by atoms with van der Waals surface area (Å²) in [6, 6.07) is 0.338. The first-order valence-corrected chi connectivity index (χ1v) is 11.6. The van der Waals surface area contributed by atoms with Crippen molar-refractivity contribution < 1.29 is 14.2 Å². The summed E-state index contributed by atoms with van der Waals surface area (Å²) in [7, 11) is 3.81. The Morgan fingerprint density at radius 3 is 2.64 bits per heavy atom. The Hall–Kier alpha value is 0.850. The first kappa shape index (κ1) is 22.9. The average Bonchev–Trinajstić information content (AvgIpc) is 2.53. The summed E-state index contributed by atoms with van der Waals surface area (Å²) >= 11 is 1.86. The van der Waals surface area contributed by atoms with Crippen LogP contribution < -0.4 is 11.1 Å². The predicted molar refractivity (Wildman–Crippen MR) is 102 cm³/mol. The quantitative estimate of drug-likeness (QED) is 0.216. The molecule has 0 rings (SSSR count). The van der Waals surface area contributed by atoms with E-state index in [9.17, 15) is 0 Å². The van der Waals surface area contributed by atoms with Crippen LogP contribution in [-0.2, 0) is 14.2 Å². The van der Waals surface area contributed by atoms with Gasteiger partial charge >= 0.3 is 0 Å². The molecule has 0 aliphatic rings. The van der Waals surface area contributed by atoms with E-state index in [1.165, 1.54) is 6.42 Å². The third-order valence-corrected chi connectivity index (χ3v) is 5.84. The van der Waals surface area contributed by atoms with E-state index in [-0.39, 0.29) is 0 Å². The smallest absolute Gasteiger partial charge is 0.149 e. The van der Waals surface area contributed by atoms with Gasteiger partial charge in [0, 0.05) is 30.7 Å². The molecule has 134 valence electrons. The van der Waals surface area contributed by atoms with Gasteiger partial charge in [-0.3, -0.25) is 0 Å². The van der Waals surface area contributed by atoms with Crippen LogP contribution in [0.25, 0.3) is 0 Å². The van der Waals surface area contributed by atoms with Gasteiger partial charge in [0.05, 0.1) is 6.61 Å². The maximum atomic E-state index is 6.02. The van der Waals surface area contributed by atoms with Crippen molar-refractivity contribution in [3.63, 3.8) is 0 Å². The highest BCUT2D eigenvalue weighted by atomic mass is 33.1. The van der Waals surface area contributed by atoms with E-state index in [1.807, 2.05) is 40.3 Å².